The van der Waals surface area contributed by atoms with Crippen LogP contribution in [0.3, 0.4) is 0 Å². The maximum Gasteiger partial charge on any atom is 0.302 e. The monoisotopic (exact) mass is 232 g/mol. The minimum atomic E-state index is 0.223. The Morgan fingerprint density at radius 2 is 1.88 bits per heavy atom. The first kappa shape index (κ1) is 11.5. The van der Waals surface area contributed by atoms with E-state index in [1.54, 1.807) is 30.5 Å². The number of hydrogen-bond acceptors (Lipinski definition) is 3. The van der Waals surface area contributed by atoms with E-state index in [9.17, 15) is 5.11 Å². The van der Waals surface area contributed by atoms with E-state index in [-0.39, 0.29) is 5.75 Å². The van der Waals surface area contributed by atoms with Crippen molar-refractivity contribution in [2.75, 3.05) is 0 Å². The fraction of sp³-hybridized carbons (Fsp3) is 0.308. The number of hydrogen-bond donors (Lipinski definition) is 1. The number of aromatic hydroxyl groups is 1. The standard InChI is InChI=1S/C13H16N2O2/c1-9(2)15-10(3)8-14-13(15)17-12-6-4-11(16)5-7-12/h4-9,16H,1-3H3. The molecule has 0 aliphatic rings. The molecule has 17 heavy (non-hydrogen) atoms. The maximum absolute atomic E-state index is 9.19. The summed E-state index contributed by atoms with van der Waals surface area (Å²) in [6, 6.07) is 7.47. The molecule has 0 radical (unpaired) electrons. The summed E-state index contributed by atoms with van der Waals surface area (Å²) in [6.45, 7) is 6.16. The van der Waals surface area contributed by atoms with Gasteiger partial charge in [-0.25, -0.2) is 4.98 Å². The zero-order valence-electron chi connectivity index (χ0n) is 10.2. The minimum Gasteiger partial charge on any atom is -0.508 e. The Kier molecular flexibility index (Phi) is 3.04. The predicted molar refractivity (Wildman–Crippen MR) is 65.5 cm³/mol. The van der Waals surface area contributed by atoms with Gasteiger partial charge >= 0.3 is 6.01 Å². The molecule has 0 atom stereocenters. The normalized spacial score (nSPS) is 10.8. The van der Waals surface area contributed by atoms with Gasteiger partial charge in [0.05, 0.1) is 6.20 Å². The van der Waals surface area contributed by atoms with Crippen molar-refractivity contribution in [3.63, 3.8) is 0 Å². The largest absolute Gasteiger partial charge is 0.508 e. The summed E-state index contributed by atoms with van der Waals surface area (Å²) in [5.41, 5.74) is 1.06. The third kappa shape index (κ3) is 2.41. The van der Waals surface area contributed by atoms with E-state index in [4.69, 9.17) is 4.74 Å². The molecule has 4 heteroatoms. The molecule has 1 aromatic carbocycles. The highest BCUT2D eigenvalue weighted by atomic mass is 16.5. The van der Waals surface area contributed by atoms with Crippen molar-refractivity contribution < 1.29 is 9.84 Å². The van der Waals surface area contributed by atoms with Crippen LogP contribution in [0.2, 0.25) is 0 Å². The fourth-order valence-electron chi connectivity index (χ4n) is 1.75. The highest BCUT2D eigenvalue weighted by Gasteiger charge is 2.11. The fourth-order valence-corrected chi connectivity index (χ4v) is 1.75. The summed E-state index contributed by atoms with van der Waals surface area (Å²) in [5.74, 6) is 0.885. The number of aromatic nitrogens is 2. The maximum atomic E-state index is 9.19. The molecule has 0 saturated heterocycles. The van der Waals surface area contributed by atoms with Crippen LogP contribution in [0.4, 0.5) is 0 Å². The second-order valence-electron chi connectivity index (χ2n) is 4.24. The van der Waals surface area contributed by atoms with Crippen LogP contribution in [-0.4, -0.2) is 14.7 Å². The van der Waals surface area contributed by atoms with E-state index in [1.807, 2.05) is 11.5 Å². The quantitative estimate of drug-likeness (QED) is 0.883. The van der Waals surface area contributed by atoms with Crippen molar-refractivity contribution in [3.8, 4) is 17.5 Å². The van der Waals surface area contributed by atoms with Gasteiger partial charge in [0.15, 0.2) is 0 Å². The molecular weight excluding hydrogens is 216 g/mol. The van der Waals surface area contributed by atoms with Gasteiger partial charge in [0.25, 0.3) is 0 Å². The Labute approximate surface area is 100 Å². The van der Waals surface area contributed by atoms with Crippen LogP contribution in [0.25, 0.3) is 0 Å². The van der Waals surface area contributed by atoms with Crippen LogP contribution in [0, 0.1) is 6.92 Å². The molecule has 90 valence electrons. The molecule has 0 unspecified atom stereocenters. The van der Waals surface area contributed by atoms with Crippen LogP contribution in [-0.2, 0) is 0 Å². The van der Waals surface area contributed by atoms with Crippen LogP contribution in [0.5, 0.6) is 17.5 Å². The molecule has 0 amide bonds. The minimum absolute atomic E-state index is 0.223. The molecule has 0 spiro atoms. The van der Waals surface area contributed by atoms with Gasteiger partial charge in [-0.1, -0.05) is 0 Å². The molecule has 0 saturated carbocycles. The summed E-state index contributed by atoms with van der Waals surface area (Å²) in [6.07, 6.45) is 1.79. The topological polar surface area (TPSA) is 47.3 Å². The number of nitrogens with zero attached hydrogens (tertiary/aromatic N) is 2. The van der Waals surface area contributed by atoms with Gasteiger partial charge in [0.2, 0.25) is 0 Å². The van der Waals surface area contributed by atoms with Crippen molar-refractivity contribution in [3.05, 3.63) is 36.2 Å². The van der Waals surface area contributed by atoms with Crippen LogP contribution in [0.1, 0.15) is 25.6 Å². The Morgan fingerprint density at radius 1 is 1.24 bits per heavy atom. The molecule has 0 aliphatic heterocycles. The molecule has 1 aromatic heterocycles. The van der Waals surface area contributed by atoms with Crippen molar-refractivity contribution in [2.24, 2.45) is 0 Å². The smallest absolute Gasteiger partial charge is 0.302 e. The molecule has 1 N–H and O–H groups in total. The van der Waals surface area contributed by atoms with Gasteiger partial charge in [0, 0.05) is 11.7 Å². The zero-order valence-corrected chi connectivity index (χ0v) is 10.2. The van der Waals surface area contributed by atoms with E-state index in [2.05, 4.69) is 18.8 Å². The highest BCUT2D eigenvalue weighted by Crippen LogP contribution is 2.25. The SMILES string of the molecule is Cc1cnc(Oc2ccc(O)cc2)n1C(C)C. The molecule has 1 heterocycles. The first-order valence-electron chi connectivity index (χ1n) is 5.58. The number of rotatable bonds is 3. The Bertz CT molecular complexity index is 501. The molecule has 0 fully saturated rings. The lowest BCUT2D eigenvalue weighted by Crippen LogP contribution is -2.05. The number of imidazole rings is 1. The van der Waals surface area contributed by atoms with Gasteiger partial charge in [-0.3, -0.25) is 4.57 Å². The zero-order chi connectivity index (χ0) is 12.4. The summed E-state index contributed by atoms with van der Waals surface area (Å²) in [4.78, 5) is 4.23. The van der Waals surface area contributed by atoms with Crippen molar-refractivity contribution in [1.82, 2.24) is 9.55 Å². The third-order valence-corrected chi connectivity index (χ3v) is 2.51. The molecule has 0 bridgehead atoms. The Balaban J connectivity index is 2.27. The predicted octanol–water partition coefficient (Wildman–Crippen LogP) is 3.27. The van der Waals surface area contributed by atoms with Crippen LogP contribution < -0.4 is 4.74 Å². The first-order valence-corrected chi connectivity index (χ1v) is 5.58. The van der Waals surface area contributed by atoms with Gasteiger partial charge in [-0.15, -0.1) is 0 Å². The van der Waals surface area contributed by atoms with E-state index >= 15 is 0 Å². The van der Waals surface area contributed by atoms with E-state index < -0.39 is 0 Å². The summed E-state index contributed by atoms with van der Waals surface area (Å²) < 4.78 is 7.71. The lowest BCUT2D eigenvalue weighted by molar-refractivity contribution is 0.391. The number of benzene rings is 1. The van der Waals surface area contributed by atoms with Crippen molar-refractivity contribution >= 4 is 0 Å². The lowest BCUT2D eigenvalue weighted by atomic mass is 10.3. The highest BCUT2D eigenvalue weighted by molar-refractivity contribution is 5.32. The van der Waals surface area contributed by atoms with Crippen molar-refractivity contribution in [1.29, 1.82) is 0 Å². The number of ether oxygens (including phenoxy) is 1. The van der Waals surface area contributed by atoms with E-state index in [0.717, 1.165) is 5.69 Å². The van der Waals surface area contributed by atoms with Crippen LogP contribution in [0.15, 0.2) is 30.5 Å². The second-order valence-corrected chi connectivity index (χ2v) is 4.24. The molecule has 0 aliphatic carbocycles. The lowest BCUT2D eigenvalue weighted by Gasteiger charge is -2.13. The molecule has 4 nitrogen and oxygen atoms in total. The number of aryl methyl sites for hydroxylation is 1. The molecular formula is C13H16N2O2. The Morgan fingerprint density at radius 3 is 2.47 bits per heavy atom. The number of phenols is 1. The van der Waals surface area contributed by atoms with Crippen molar-refractivity contribution in [2.45, 2.75) is 26.8 Å². The Hall–Kier alpha value is -1.97. The average Bonchev–Trinajstić information content (AvgIpc) is 2.63. The van der Waals surface area contributed by atoms with Gasteiger partial charge in [-0.05, 0) is 45.0 Å². The van der Waals surface area contributed by atoms with Crippen LogP contribution >= 0.6 is 0 Å². The summed E-state index contributed by atoms with van der Waals surface area (Å²) in [5, 5.41) is 9.19. The first-order chi connectivity index (χ1) is 8.08. The average molecular weight is 232 g/mol. The number of phenolic OH excluding ortho intramolecular Hbond substituents is 1. The second kappa shape index (κ2) is 4.49. The van der Waals surface area contributed by atoms with E-state index in [0.29, 0.717) is 17.8 Å². The summed E-state index contributed by atoms with van der Waals surface area (Å²) >= 11 is 0. The van der Waals surface area contributed by atoms with Gasteiger partial charge in [0.1, 0.15) is 11.5 Å². The van der Waals surface area contributed by atoms with Gasteiger partial charge in [-0.2, -0.15) is 0 Å². The van der Waals surface area contributed by atoms with E-state index in [1.165, 1.54) is 0 Å². The summed E-state index contributed by atoms with van der Waals surface area (Å²) in [7, 11) is 0. The molecule has 2 aromatic rings. The van der Waals surface area contributed by atoms with Gasteiger partial charge < -0.3 is 9.84 Å². The molecule has 2 rings (SSSR count). The third-order valence-electron chi connectivity index (χ3n) is 2.51.